The van der Waals surface area contributed by atoms with E-state index >= 15 is 0 Å². The smallest absolute Gasteiger partial charge is 0.328 e. The van der Waals surface area contributed by atoms with E-state index in [-0.39, 0.29) is 11.8 Å². The Bertz CT molecular complexity index is 573. The highest BCUT2D eigenvalue weighted by atomic mass is 16.5. The highest BCUT2D eigenvalue weighted by Gasteiger charge is 2.38. The molecule has 1 heterocycles. The summed E-state index contributed by atoms with van der Waals surface area (Å²) in [4.78, 5) is 37.6. The zero-order valence-electron chi connectivity index (χ0n) is 13.5. The van der Waals surface area contributed by atoms with Gasteiger partial charge in [-0.25, -0.2) is 4.79 Å². The molecule has 2 rings (SSSR count). The Morgan fingerprint density at radius 3 is 2.61 bits per heavy atom. The number of carbonyl (C=O) groups excluding carboxylic acids is 3. The van der Waals surface area contributed by atoms with Crippen molar-refractivity contribution in [1.82, 2.24) is 10.2 Å². The van der Waals surface area contributed by atoms with E-state index in [1.54, 1.807) is 0 Å². The van der Waals surface area contributed by atoms with E-state index in [4.69, 9.17) is 4.74 Å². The van der Waals surface area contributed by atoms with Crippen LogP contribution in [0.4, 0.5) is 0 Å². The van der Waals surface area contributed by atoms with Crippen molar-refractivity contribution in [3.8, 4) is 0 Å². The van der Waals surface area contributed by atoms with Gasteiger partial charge in [0.2, 0.25) is 11.8 Å². The van der Waals surface area contributed by atoms with Gasteiger partial charge in [-0.15, -0.1) is 0 Å². The first-order chi connectivity index (χ1) is 11.0. The van der Waals surface area contributed by atoms with E-state index in [1.165, 1.54) is 18.9 Å². The first-order valence-corrected chi connectivity index (χ1v) is 7.72. The number of likely N-dealkylation sites (tertiary alicyclic amines) is 1. The molecule has 0 bridgehead atoms. The normalized spacial score (nSPS) is 18.3. The van der Waals surface area contributed by atoms with Crippen molar-refractivity contribution in [2.75, 3.05) is 13.7 Å². The molecule has 1 aliphatic heterocycles. The molecular weight excluding hydrogens is 296 g/mol. The maximum Gasteiger partial charge on any atom is 0.328 e. The number of nitrogens with zero attached hydrogens (tertiary/aromatic N) is 1. The summed E-state index contributed by atoms with van der Waals surface area (Å²) >= 11 is 0. The summed E-state index contributed by atoms with van der Waals surface area (Å²) in [7, 11) is 1.32. The zero-order chi connectivity index (χ0) is 16.8. The van der Waals surface area contributed by atoms with Gasteiger partial charge < -0.3 is 15.0 Å². The van der Waals surface area contributed by atoms with Gasteiger partial charge in [-0.3, -0.25) is 9.59 Å². The van der Waals surface area contributed by atoms with Gasteiger partial charge in [0.05, 0.1) is 7.11 Å². The lowest BCUT2D eigenvalue weighted by Crippen LogP contribution is -2.52. The lowest BCUT2D eigenvalue weighted by molar-refractivity contribution is -0.151. The minimum Gasteiger partial charge on any atom is -0.467 e. The van der Waals surface area contributed by atoms with E-state index in [9.17, 15) is 14.4 Å². The van der Waals surface area contributed by atoms with E-state index < -0.39 is 18.1 Å². The molecule has 1 aliphatic rings. The molecule has 0 unspecified atom stereocenters. The second-order valence-corrected chi connectivity index (χ2v) is 5.66. The largest absolute Gasteiger partial charge is 0.467 e. The van der Waals surface area contributed by atoms with Crippen molar-refractivity contribution in [2.45, 2.75) is 38.3 Å². The molecule has 1 N–H and O–H groups in total. The fraction of sp³-hybridized carbons (Fsp3) is 0.471. The summed E-state index contributed by atoms with van der Waals surface area (Å²) in [5, 5.41) is 2.70. The highest BCUT2D eigenvalue weighted by Crippen LogP contribution is 2.20. The van der Waals surface area contributed by atoms with E-state index in [2.05, 4.69) is 5.32 Å². The first-order valence-electron chi connectivity index (χ1n) is 7.72. The van der Waals surface area contributed by atoms with Crippen LogP contribution in [0, 0.1) is 0 Å². The topological polar surface area (TPSA) is 75.7 Å². The highest BCUT2D eigenvalue weighted by molar-refractivity contribution is 5.91. The van der Waals surface area contributed by atoms with Gasteiger partial charge >= 0.3 is 5.97 Å². The molecule has 1 aromatic carbocycles. The Morgan fingerprint density at radius 2 is 2.00 bits per heavy atom. The fourth-order valence-electron chi connectivity index (χ4n) is 2.91. The lowest BCUT2D eigenvalue weighted by Gasteiger charge is -2.27. The van der Waals surface area contributed by atoms with E-state index in [1.807, 2.05) is 30.3 Å². The summed E-state index contributed by atoms with van der Waals surface area (Å²) in [6, 6.07) is 8.25. The molecule has 6 nitrogen and oxygen atoms in total. The van der Waals surface area contributed by atoms with Gasteiger partial charge in [0.1, 0.15) is 12.1 Å². The summed E-state index contributed by atoms with van der Waals surface area (Å²) in [6.07, 6.45) is 1.74. The number of hydrogen-bond acceptors (Lipinski definition) is 4. The van der Waals surface area contributed by atoms with Crippen LogP contribution in [0.1, 0.15) is 25.3 Å². The van der Waals surface area contributed by atoms with Crippen LogP contribution < -0.4 is 5.32 Å². The van der Waals surface area contributed by atoms with Crippen LogP contribution in [0.2, 0.25) is 0 Å². The molecule has 2 atom stereocenters. The number of methoxy groups -OCH3 is 1. The molecule has 6 heteroatoms. The van der Waals surface area contributed by atoms with Crippen molar-refractivity contribution in [3.63, 3.8) is 0 Å². The molecule has 0 aliphatic carbocycles. The van der Waals surface area contributed by atoms with Gasteiger partial charge in [-0.05, 0) is 18.4 Å². The first kappa shape index (κ1) is 17.0. The summed E-state index contributed by atoms with van der Waals surface area (Å²) < 4.78 is 4.77. The number of hydrogen-bond donors (Lipinski definition) is 1. The van der Waals surface area contributed by atoms with Gasteiger partial charge in [0, 0.05) is 19.9 Å². The van der Waals surface area contributed by atoms with Gasteiger partial charge in [-0.2, -0.15) is 0 Å². The summed E-state index contributed by atoms with van der Waals surface area (Å²) in [5.41, 5.74) is 0.952. The molecule has 1 saturated heterocycles. The van der Waals surface area contributed by atoms with Crippen molar-refractivity contribution in [1.29, 1.82) is 0 Å². The predicted molar refractivity (Wildman–Crippen MR) is 84.5 cm³/mol. The third-order valence-electron chi connectivity index (χ3n) is 3.97. The van der Waals surface area contributed by atoms with Crippen molar-refractivity contribution < 1.29 is 19.1 Å². The van der Waals surface area contributed by atoms with Gasteiger partial charge in [0.25, 0.3) is 0 Å². The maximum absolute atomic E-state index is 12.8. The molecule has 0 radical (unpaired) electrons. The quantitative estimate of drug-likeness (QED) is 0.818. The van der Waals surface area contributed by atoms with Crippen LogP contribution in [0.15, 0.2) is 30.3 Å². The Labute approximate surface area is 135 Å². The average Bonchev–Trinajstić information content (AvgIpc) is 3.03. The van der Waals surface area contributed by atoms with Crippen molar-refractivity contribution >= 4 is 17.8 Å². The molecule has 0 spiro atoms. The standard InChI is InChI=1S/C17H22N2O4/c1-12(20)18-14(11-13-7-4-3-5-8-13)16(21)19-10-6-9-15(19)17(22)23-2/h3-5,7-8,14-15H,6,9-11H2,1-2H3,(H,18,20)/t14-,15+/m1/s1. The van der Waals surface area contributed by atoms with Gasteiger partial charge in [0.15, 0.2) is 0 Å². The molecule has 124 valence electrons. The zero-order valence-corrected chi connectivity index (χ0v) is 13.5. The molecule has 1 aromatic rings. The van der Waals surface area contributed by atoms with Crippen LogP contribution in [0.3, 0.4) is 0 Å². The monoisotopic (exact) mass is 318 g/mol. The van der Waals surface area contributed by atoms with Crippen LogP contribution in [0.25, 0.3) is 0 Å². The molecule has 0 saturated carbocycles. The number of carbonyl (C=O) groups is 3. The van der Waals surface area contributed by atoms with Crippen LogP contribution in [-0.2, 0) is 25.5 Å². The van der Waals surface area contributed by atoms with Crippen molar-refractivity contribution in [3.05, 3.63) is 35.9 Å². The lowest BCUT2D eigenvalue weighted by atomic mass is 10.0. The maximum atomic E-state index is 12.8. The number of ether oxygens (including phenoxy) is 1. The Hall–Kier alpha value is -2.37. The third kappa shape index (κ3) is 4.31. The predicted octanol–water partition coefficient (Wildman–Crippen LogP) is 0.898. The molecule has 23 heavy (non-hydrogen) atoms. The number of amides is 2. The fourth-order valence-corrected chi connectivity index (χ4v) is 2.91. The minimum atomic E-state index is -0.680. The average molecular weight is 318 g/mol. The van der Waals surface area contributed by atoms with Crippen LogP contribution in [-0.4, -0.2) is 48.4 Å². The molecule has 1 fully saturated rings. The van der Waals surface area contributed by atoms with E-state index in [0.29, 0.717) is 19.4 Å². The number of nitrogens with one attached hydrogen (secondary N) is 1. The Kier molecular flexibility index (Phi) is 5.73. The Morgan fingerprint density at radius 1 is 1.30 bits per heavy atom. The second kappa shape index (κ2) is 7.76. The summed E-state index contributed by atoms with van der Waals surface area (Å²) in [5.74, 6) is -0.915. The van der Waals surface area contributed by atoms with Crippen molar-refractivity contribution in [2.24, 2.45) is 0 Å². The van der Waals surface area contributed by atoms with E-state index in [0.717, 1.165) is 12.0 Å². The van der Waals surface area contributed by atoms with Crippen LogP contribution in [0.5, 0.6) is 0 Å². The molecule has 0 aromatic heterocycles. The Balaban J connectivity index is 2.15. The number of esters is 1. The number of benzene rings is 1. The SMILES string of the molecule is COC(=O)[C@@H]1CCCN1C(=O)[C@@H](Cc1ccccc1)NC(C)=O. The molecule has 2 amide bonds. The van der Waals surface area contributed by atoms with Gasteiger partial charge in [-0.1, -0.05) is 30.3 Å². The second-order valence-electron chi connectivity index (χ2n) is 5.66. The minimum absolute atomic E-state index is 0.239. The molecular formula is C17H22N2O4. The van der Waals surface area contributed by atoms with Crippen LogP contribution >= 0.6 is 0 Å². The number of rotatable bonds is 5. The summed E-state index contributed by atoms with van der Waals surface area (Å²) in [6.45, 7) is 1.89. The third-order valence-corrected chi connectivity index (χ3v) is 3.97.